The Bertz CT molecular complexity index is 606. The van der Waals surface area contributed by atoms with Crippen molar-refractivity contribution in [2.24, 2.45) is 10.8 Å². The molecular weight excluding hydrogens is 312 g/mol. The fourth-order valence-electron chi connectivity index (χ4n) is 4.05. The molecule has 0 bridgehead atoms. The van der Waals surface area contributed by atoms with Gasteiger partial charge in [0.1, 0.15) is 0 Å². The number of hydrogen-bond donors (Lipinski definition) is 0. The molecule has 25 heavy (non-hydrogen) atoms. The summed E-state index contributed by atoms with van der Waals surface area (Å²) in [7, 11) is 0. The molecule has 1 spiro atoms. The summed E-state index contributed by atoms with van der Waals surface area (Å²) in [5, 5.41) is 0. The smallest absolute Gasteiger partial charge is 0.176 e. The highest BCUT2D eigenvalue weighted by Gasteiger charge is 2.59. The van der Waals surface area contributed by atoms with E-state index in [0.29, 0.717) is 26.2 Å². The van der Waals surface area contributed by atoms with Gasteiger partial charge in [-0.2, -0.15) is 0 Å². The predicted octanol–water partition coefficient (Wildman–Crippen LogP) is 4.55. The molecule has 3 nitrogen and oxygen atoms in total. The van der Waals surface area contributed by atoms with Gasteiger partial charge in [-0.3, -0.25) is 0 Å². The number of rotatable bonds is 4. The van der Waals surface area contributed by atoms with Crippen molar-refractivity contribution in [3.05, 3.63) is 35.9 Å². The van der Waals surface area contributed by atoms with E-state index in [1.54, 1.807) is 0 Å². The van der Waals surface area contributed by atoms with Crippen molar-refractivity contribution < 1.29 is 14.2 Å². The minimum Gasteiger partial charge on any atom is -0.373 e. The summed E-state index contributed by atoms with van der Waals surface area (Å²) in [5.41, 5.74) is 0.877. The van der Waals surface area contributed by atoms with Crippen LogP contribution < -0.4 is 0 Å². The maximum Gasteiger partial charge on any atom is 0.176 e. The number of hydrogen-bond acceptors (Lipinski definition) is 3. The molecule has 2 aliphatic rings. The summed E-state index contributed by atoms with van der Waals surface area (Å²) in [6, 6.07) is 10.3. The molecule has 3 heteroatoms. The zero-order valence-corrected chi connectivity index (χ0v) is 15.7. The van der Waals surface area contributed by atoms with Crippen LogP contribution in [0.3, 0.4) is 0 Å². The molecule has 1 aromatic rings. The molecule has 1 aromatic carbocycles. The minimum absolute atomic E-state index is 0.0266. The first-order valence-corrected chi connectivity index (χ1v) is 9.28. The quantitative estimate of drug-likeness (QED) is 0.751. The third kappa shape index (κ3) is 3.62. The zero-order valence-electron chi connectivity index (χ0n) is 15.7. The second kappa shape index (κ2) is 7.11. The molecule has 1 saturated carbocycles. The summed E-state index contributed by atoms with van der Waals surface area (Å²) in [5.74, 6) is 2.23. The van der Waals surface area contributed by atoms with Gasteiger partial charge in [-0.15, -0.1) is 12.3 Å². The van der Waals surface area contributed by atoms with Gasteiger partial charge in [-0.05, 0) is 18.4 Å². The van der Waals surface area contributed by atoms with E-state index in [1.165, 1.54) is 5.56 Å². The molecule has 0 unspecified atom stereocenters. The Morgan fingerprint density at radius 3 is 2.48 bits per heavy atom. The Morgan fingerprint density at radius 2 is 1.84 bits per heavy atom. The Kier molecular flexibility index (Phi) is 5.25. The molecular formula is C22H30O3. The monoisotopic (exact) mass is 342 g/mol. The first-order valence-electron chi connectivity index (χ1n) is 9.28. The number of benzene rings is 1. The van der Waals surface area contributed by atoms with Gasteiger partial charge < -0.3 is 14.2 Å². The van der Waals surface area contributed by atoms with E-state index in [9.17, 15) is 0 Å². The van der Waals surface area contributed by atoms with Crippen molar-refractivity contribution in [3.63, 3.8) is 0 Å². The fourth-order valence-corrected chi connectivity index (χ4v) is 4.05. The molecule has 1 aliphatic heterocycles. The molecule has 3 rings (SSSR count). The molecule has 1 saturated heterocycles. The van der Waals surface area contributed by atoms with Gasteiger partial charge in [0.2, 0.25) is 0 Å². The van der Waals surface area contributed by atoms with E-state index in [0.717, 1.165) is 19.3 Å². The number of terminal acetylenes is 1. The molecule has 0 N–H and O–H groups in total. The van der Waals surface area contributed by atoms with E-state index >= 15 is 0 Å². The van der Waals surface area contributed by atoms with Gasteiger partial charge in [-0.1, -0.05) is 51.1 Å². The van der Waals surface area contributed by atoms with Crippen LogP contribution in [-0.4, -0.2) is 25.1 Å². The zero-order chi connectivity index (χ0) is 18.0. The van der Waals surface area contributed by atoms with Gasteiger partial charge in [-0.25, -0.2) is 0 Å². The van der Waals surface area contributed by atoms with Crippen molar-refractivity contribution >= 4 is 0 Å². The van der Waals surface area contributed by atoms with Crippen LogP contribution in [0.1, 0.15) is 52.0 Å². The van der Waals surface area contributed by atoms with Crippen molar-refractivity contribution in [1.82, 2.24) is 0 Å². The summed E-state index contributed by atoms with van der Waals surface area (Å²) in [6.07, 6.45) is 9.26. The van der Waals surface area contributed by atoms with Crippen LogP contribution in [0.5, 0.6) is 0 Å². The van der Waals surface area contributed by atoms with Crippen LogP contribution in [0.25, 0.3) is 0 Å². The molecule has 1 aliphatic carbocycles. The minimum atomic E-state index is -0.630. The lowest BCUT2D eigenvalue weighted by Gasteiger charge is -2.57. The third-order valence-corrected chi connectivity index (χ3v) is 5.71. The van der Waals surface area contributed by atoms with Gasteiger partial charge >= 0.3 is 0 Å². The first kappa shape index (κ1) is 18.5. The average Bonchev–Trinajstić information content (AvgIpc) is 2.60. The van der Waals surface area contributed by atoms with E-state index in [2.05, 4.69) is 38.8 Å². The standard InChI is InChI=1S/C22H30O3/c1-5-13-21(4)19(23-15-18-10-7-6-8-11-18)12-9-14-22(21)24-16-20(2,3)17-25-22/h1,6-8,10-11,19H,9,12-17H2,2-4H3/t19-,21+/m1/s1. The fraction of sp³-hybridized carbons (Fsp3) is 0.636. The van der Waals surface area contributed by atoms with Crippen LogP contribution in [0.4, 0.5) is 0 Å². The molecule has 2 atom stereocenters. The normalized spacial score (nSPS) is 30.7. The topological polar surface area (TPSA) is 27.7 Å². The summed E-state index contributed by atoms with van der Waals surface area (Å²) >= 11 is 0. The number of ether oxygens (including phenoxy) is 3. The predicted molar refractivity (Wildman–Crippen MR) is 98.8 cm³/mol. The highest BCUT2D eigenvalue weighted by atomic mass is 16.7. The second-order valence-corrected chi connectivity index (χ2v) is 8.47. The van der Waals surface area contributed by atoms with Gasteiger partial charge in [0.05, 0.1) is 31.3 Å². The molecule has 0 aromatic heterocycles. The lowest BCUT2D eigenvalue weighted by atomic mass is 9.65. The van der Waals surface area contributed by atoms with Crippen LogP contribution in [0.2, 0.25) is 0 Å². The maximum atomic E-state index is 6.37. The van der Waals surface area contributed by atoms with E-state index in [1.807, 2.05) is 18.2 Å². The lowest BCUT2D eigenvalue weighted by molar-refractivity contribution is -0.373. The lowest BCUT2D eigenvalue weighted by Crippen LogP contribution is -2.63. The van der Waals surface area contributed by atoms with E-state index in [-0.39, 0.29) is 16.9 Å². The first-order chi connectivity index (χ1) is 11.9. The molecule has 0 amide bonds. The Labute approximate surface area is 152 Å². The Balaban J connectivity index is 1.79. The van der Waals surface area contributed by atoms with Crippen molar-refractivity contribution in [3.8, 4) is 12.3 Å². The van der Waals surface area contributed by atoms with Gasteiger partial charge in [0.25, 0.3) is 0 Å². The van der Waals surface area contributed by atoms with Crippen molar-refractivity contribution in [2.75, 3.05) is 13.2 Å². The SMILES string of the molecule is C#CC[C@@]1(C)[C@H](OCc2ccccc2)CCCC12OCC(C)(C)CO2. The Morgan fingerprint density at radius 1 is 1.16 bits per heavy atom. The largest absolute Gasteiger partial charge is 0.373 e. The molecule has 1 heterocycles. The second-order valence-electron chi connectivity index (χ2n) is 8.47. The highest BCUT2D eigenvalue weighted by Crippen LogP contribution is 2.53. The highest BCUT2D eigenvalue weighted by molar-refractivity contribution is 5.14. The van der Waals surface area contributed by atoms with Gasteiger partial charge in [0, 0.05) is 18.3 Å². The average molecular weight is 342 g/mol. The summed E-state index contributed by atoms with van der Waals surface area (Å²) < 4.78 is 19.1. The van der Waals surface area contributed by atoms with E-state index < -0.39 is 5.79 Å². The molecule has 0 radical (unpaired) electrons. The maximum absolute atomic E-state index is 6.37. The molecule has 2 fully saturated rings. The molecule has 136 valence electrons. The van der Waals surface area contributed by atoms with Crippen molar-refractivity contribution in [2.45, 2.75) is 65.0 Å². The van der Waals surface area contributed by atoms with E-state index in [4.69, 9.17) is 20.6 Å². The van der Waals surface area contributed by atoms with Crippen LogP contribution in [0, 0.1) is 23.2 Å². The van der Waals surface area contributed by atoms with Crippen LogP contribution in [-0.2, 0) is 20.8 Å². The van der Waals surface area contributed by atoms with Crippen LogP contribution >= 0.6 is 0 Å². The summed E-state index contributed by atoms with van der Waals surface area (Å²) in [6.45, 7) is 8.50. The summed E-state index contributed by atoms with van der Waals surface area (Å²) in [4.78, 5) is 0. The van der Waals surface area contributed by atoms with Crippen molar-refractivity contribution in [1.29, 1.82) is 0 Å². The van der Waals surface area contributed by atoms with Gasteiger partial charge in [0.15, 0.2) is 5.79 Å². The Hall–Kier alpha value is -1.34. The third-order valence-electron chi connectivity index (χ3n) is 5.71. The van der Waals surface area contributed by atoms with Crippen LogP contribution in [0.15, 0.2) is 30.3 Å².